The highest BCUT2D eigenvalue weighted by Gasteiger charge is 2.25. The van der Waals surface area contributed by atoms with E-state index in [0.29, 0.717) is 12.1 Å². The Morgan fingerprint density at radius 2 is 2.16 bits per heavy atom. The lowest BCUT2D eigenvalue weighted by Crippen LogP contribution is -2.39. The van der Waals surface area contributed by atoms with E-state index in [-0.39, 0.29) is 5.82 Å². The number of hydrogen-bond donors (Lipinski definition) is 1. The molecule has 0 spiro atoms. The molecule has 19 heavy (non-hydrogen) atoms. The molecule has 1 aliphatic carbocycles. The fraction of sp³-hybridized carbons (Fsp3) is 0.625. The summed E-state index contributed by atoms with van der Waals surface area (Å²) >= 11 is 0. The van der Waals surface area contributed by atoms with E-state index in [1.54, 1.807) is 6.07 Å². The van der Waals surface area contributed by atoms with Crippen LogP contribution in [0.3, 0.4) is 0 Å². The number of nitrogens with zero attached hydrogens (tertiary/aromatic N) is 1. The number of benzene rings is 1. The predicted octanol–water partition coefficient (Wildman–Crippen LogP) is 2.89. The molecule has 2 unspecified atom stereocenters. The highest BCUT2D eigenvalue weighted by molar-refractivity contribution is 5.35. The third kappa shape index (κ3) is 2.67. The number of likely N-dealkylation sites (tertiary alicyclic amines) is 1. The third-order valence-corrected chi connectivity index (χ3v) is 4.64. The molecule has 1 saturated heterocycles. The van der Waals surface area contributed by atoms with Gasteiger partial charge >= 0.3 is 0 Å². The molecule has 0 radical (unpaired) electrons. The zero-order chi connectivity index (χ0) is 13.2. The minimum Gasteiger partial charge on any atom is -0.308 e. The first-order chi connectivity index (χ1) is 9.25. The smallest absolute Gasteiger partial charge is 0.126 e. The van der Waals surface area contributed by atoms with Crippen molar-refractivity contribution in [1.82, 2.24) is 10.2 Å². The van der Waals surface area contributed by atoms with Gasteiger partial charge in [0.25, 0.3) is 0 Å². The van der Waals surface area contributed by atoms with Crippen molar-refractivity contribution in [3.05, 3.63) is 35.1 Å². The van der Waals surface area contributed by atoms with Gasteiger partial charge in [0.2, 0.25) is 0 Å². The van der Waals surface area contributed by atoms with Crippen LogP contribution >= 0.6 is 0 Å². The molecule has 1 aromatic carbocycles. The molecule has 2 atom stereocenters. The molecule has 104 valence electrons. The van der Waals surface area contributed by atoms with Gasteiger partial charge in [0.1, 0.15) is 5.82 Å². The van der Waals surface area contributed by atoms with E-state index < -0.39 is 0 Å². The Labute approximate surface area is 115 Å². The zero-order valence-electron chi connectivity index (χ0n) is 11.7. The molecule has 2 aliphatic rings. The largest absolute Gasteiger partial charge is 0.308 e. The van der Waals surface area contributed by atoms with Crippen molar-refractivity contribution < 1.29 is 4.39 Å². The average molecular weight is 262 g/mol. The summed E-state index contributed by atoms with van der Waals surface area (Å²) in [6.07, 6.45) is 4.57. The van der Waals surface area contributed by atoms with Gasteiger partial charge in [-0.2, -0.15) is 0 Å². The Hall–Kier alpha value is -0.930. The van der Waals surface area contributed by atoms with E-state index in [1.807, 2.05) is 6.07 Å². The van der Waals surface area contributed by atoms with Crippen molar-refractivity contribution in [2.45, 2.75) is 44.7 Å². The van der Waals surface area contributed by atoms with Crippen LogP contribution in [0.5, 0.6) is 0 Å². The summed E-state index contributed by atoms with van der Waals surface area (Å²) in [5, 5.41) is 3.63. The summed E-state index contributed by atoms with van der Waals surface area (Å²) in [6, 6.07) is 6.41. The highest BCUT2D eigenvalue weighted by atomic mass is 19.1. The van der Waals surface area contributed by atoms with E-state index in [2.05, 4.69) is 23.2 Å². The molecular weight excluding hydrogens is 239 g/mol. The molecular formula is C16H23FN2. The summed E-state index contributed by atoms with van der Waals surface area (Å²) in [5.41, 5.74) is 2.10. The molecule has 2 nitrogen and oxygen atoms in total. The average Bonchev–Trinajstić information content (AvgIpc) is 3.06. The van der Waals surface area contributed by atoms with E-state index in [0.717, 1.165) is 24.9 Å². The SMILES string of the molecule is CC(CNC1CCc2c(F)cccc21)N1CCCC1. The minimum absolute atomic E-state index is 0.0330. The fourth-order valence-corrected chi connectivity index (χ4v) is 3.45. The molecule has 0 saturated carbocycles. The van der Waals surface area contributed by atoms with Gasteiger partial charge in [-0.1, -0.05) is 12.1 Å². The van der Waals surface area contributed by atoms with Gasteiger partial charge in [-0.25, -0.2) is 4.39 Å². The number of halogens is 1. The number of hydrogen-bond acceptors (Lipinski definition) is 2. The van der Waals surface area contributed by atoms with Crippen LogP contribution in [0.15, 0.2) is 18.2 Å². The van der Waals surface area contributed by atoms with Crippen LogP contribution < -0.4 is 5.32 Å². The molecule has 3 heteroatoms. The van der Waals surface area contributed by atoms with Crippen molar-refractivity contribution in [3.63, 3.8) is 0 Å². The maximum atomic E-state index is 13.7. The van der Waals surface area contributed by atoms with Crippen molar-refractivity contribution in [2.75, 3.05) is 19.6 Å². The summed E-state index contributed by atoms with van der Waals surface area (Å²) in [7, 11) is 0. The normalized spacial score (nSPS) is 24.6. The molecule has 0 amide bonds. The first kappa shape index (κ1) is 13.1. The Balaban J connectivity index is 1.59. The zero-order valence-corrected chi connectivity index (χ0v) is 11.7. The van der Waals surface area contributed by atoms with Crippen LogP contribution in [0.25, 0.3) is 0 Å². The number of fused-ring (bicyclic) bond motifs is 1. The van der Waals surface area contributed by atoms with E-state index in [1.165, 1.54) is 31.5 Å². The van der Waals surface area contributed by atoms with Crippen molar-refractivity contribution in [1.29, 1.82) is 0 Å². The van der Waals surface area contributed by atoms with E-state index >= 15 is 0 Å². The lowest BCUT2D eigenvalue weighted by Gasteiger charge is -2.26. The monoisotopic (exact) mass is 262 g/mol. The van der Waals surface area contributed by atoms with Gasteiger partial charge in [0, 0.05) is 18.6 Å². The second kappa shape index (κ2) is 5.59. The van der Waals surface area contributed by atoms with E-state index in [9.17, 15) is 4.39 Å². The molecule has 0 bridgehead atoms. The molecule has 1 aromatic rings. The molecule has 1 N–H and O–H groups in total. The summed E-state index contributed by atoms with van der Waals surface area (Å²) in [5.74, 6) is -0.0330. The lowest BCUT2D eigenvalue weighted by molar-refractivity contribution is 0.245. The van der Waals surface area contributed by atoms with Crippen LogP contribution in [-0.4, -0.2) is 30.6 Å². The van der Waals surface area contributed by atoms with Gasteiger partial charge in [-0.3, -0.25) is 4.90 Å². The van der Waals surface area contributed by atoms with Crippen LogP contribution in [0.2, 0.25) is 0 Å². The third-order valence-electron chi connectivity index (χ3n) is 4.64. The van der Waals surface area contributed by atoms with Crippen molar-refractivity contribution in [2.24, 2.45) is 0 Å². The minimum atomic E-state index is -0.0330. The Morgan fingerprint density at radius 3 is 2.95 bits per heavy atom. The second-order valence-corrected chi connectivity index (χ2v) is 5.90. The highest BCUT2D eigenvalue weighted by Crippen LogP contribution is 2.32. The first-order valence-electron chi connectivity index (χ1n) is 7.50. The molecule has 0 aromatic heterocycles. The van der Waals surface area contributed by atoms with E-state index in [4.69, 9.17) is 0 Å². The van der Waals surface area contributed by atoms with Crippen molar-refractivity contribution in [3.8, 4) is 0 Å². The van der Waals surface area contributed by atoms with Crippen molar-refractivity contribution >= 4 is 0 Å². The van der Waals surface area contributed by atoms with Crippen LogP contribution in [-0.2, 0) is 6.42 Å². The van der Waals surface area contributed by atoms with Gasteiger partial charge in [0.05, 0.1) is 0 Å². The maximum absolute atomic E-state index is 13.7. The first-order valence-corrected chi connectivity index (χ1v) is 7.50. The van der Waals surface area contributed by atoms with Crippen LogP contribution in [0.1, 0.15) is 43.4 Å². The quantitative estimate of drug-likeness (QED) is 0.897. The summed E-state index contributed by atoms with van der Waals surface area (Å²) in [6.45, 7) is 5.76. The van der Waals surface area contributed by atoms with Gasteiger partial charge < -0.3 is 5.32 Å². The van der Waals surface area contributed by atoms with Crippen LogP contribution in [0, 0.1) is 5.82 Å². The van der Waals surface area contributed by atoms with Gasteiger partial charge in [0.15, 0.2) is 0 Å². The Morgan fingerprint density at radius 1 is 1.37 bits per heavy atom. The predicted molar refractivity (Wildman–Crippen MR) is 75.7 cm³/mol. The summed E-state index contributed by atoms with van der Waals surface area (Å²) in [4.78, 5) is 2.55. The molecule has 1 heterocycles. The van der Waals surface area contributed by atoms with Crippen LogP contribution in [0.4, 0.5) is 4.39 Å². The number of nitrogens with one attached hydrogen (secondary N) is 1. The second-order valence-electron chi connectivity index (χ2n) is 5.90. The summed E-state index contributed by atoms with van der Waals surface area (Å²) < 4.78 is 13.7. The molecule has 1 fully saturated rings. The molecule has 1 aliphatic heterocycles. The topological polar surface area (TPSA) is 15.3 Å². The Bertz CT molecular complexity index is 440. The Kier molecular flexibility index (Phi) is 3.85. The maximum Gasteiger partial charge on any atom is 0.126 e. The standard InChI is InChI=1S/C16H23FN2/c1-12(19-9-2-3-10-19)11-18-16-8-7-13-14(16)5-4-6-15(13)17/h4-6,12,16,18H,2-3,7-11H2,1H3. The fourth-order valence-electron chi connectivity index (χ4n) is 3.45. The van der Waals surface area contributed by atoms with Gasteiger partial charge in [-0.05, 0) is 62.9 Å². The van der Waals surface area contributed by atoms with Gasteiger partial charge in [-0.15, -0.1) is 0 Å². The molecule has 3 rings (SSSR count). The number of rotatable bonds is 4. The lowest BCUT2D eigenvalue weighted by atomic mass is 10.1.